The molecular weight excluding hydrogens is 816 g/mol. The van der Waals surface area contributed by atoms with Gasteiger partial charge in [-0.3, -0.25) is 4.79 Å². The van der Waals surface area contributed by atoms with Gasteiger partial charge in [0.1, 0.15) is 17.0 Å². The average Bonchev–Trinajstić information content (AvgIpc) is 3.06. The van der Waals surface area contributed by atoms with Crippen LogP contribution in [0.3, 0.4) is 0 Å². The molecule has 53 heavy (non-hydrogen) atoms. The maximum atomic E-state index is 12.2. The fraction of sp³-hybridized carbons (Fsp3) is 0.553. The summed E-state index contributed by atoms with van der Waals surface area (Å²) >= 11 is 6.71. The molecular formula is C38H54Br2N4O9. The van der Waals surface area contributed by atoms with Gasteiger partial charge < -0.3 is 39.8 Å². The van der Waals surface area contributed by atoms with Crippen LogP contribution in [0, 0.1) is 13.8 Å². The van der Waals surface area contributed by atoms with E-state index < -0.39 is 11.2 Å². The zero-order valence-electron chi connectivity index (χ0n) is 32.4. The van der Waals surface area contributed by atoms with Gasteiger partial charge in [0.2, 0.25) is 0 Å². The van der Waals surface area contributed by atoms with Gasteiger partial charge in [0, 0.05) is 65.4 Å². The Labute approximate surface area is 329 Å². The number of ether oxygens (including phenoxy) is 4. The van der Waals surface area contributed by atoms with Crippen LogP contribution in [-0.2, 0) is 23.7 Å². The number of anilines is 2. The molecule has 2 aliphatic heterocycles. The lowest BCUT2D eigenvalue weighted by Crippen LogP contribution is -2.44. The van der Waals surface area contributed by atoms with E-state index in [1.807, 2.05) is 54.5 Å². The van der Waals surface area contributed by atoms with Crippen molar-refractivity contribution in [2.24, 2.45) is 0 Å². The highest BCUT2D eigenvalue weighted by atomic mass is 79.9. The number of rotatable bonds is 4. The molecule has 0 aliphatic carbocycles. The summed E-state index contributed by atoms with van der Waals surface area (Å²) in [7, 11) is 2.72. The third kappa shape index (κ3) is 15.2. The first-order valence-corrected chi connectivity index (χ1v) is 18.9. The van der Waals surface area contributed by atoms with Gasteiger partial charge in [0.15, 0.2) is 0 Å². The molecule has 2 aromatic carbocycles. The molecule has 0 atom stereocenters. The number of methoxy groups -OCH3 is 2. The number of nitrogens with two attached hydrogens (primary N) is 1. The van der Waals surface area contributed by atoms with Crippen LogP contribution in [0.1, 0.15) is 99.1 Å². The van der Waals surface area contributed by atoms with Crippen molar-refractivity contribution >= 4 is 73.1 Å². The Morgan fingerprint density at radius 1 is 0.717 bits per heavy atom. The highest BCUT2D eigenvalue weighted by Gasteiger charge is 2.28. The Bertz CT molecular complexity index is 1620. The molecule has 0 radical (unpaired) electrons. The molecule has 2 aliphatic rings. The number of benzene rings is 2. The molecule has 13 nitrogen and oxygen atoms in total. The lowest BCUT2D eigenvalue weighted by molar-refractivity contribution is -0.121. The van der Waals surface area contributed by atoms with Gasteiger partial charge in [-0.1, -0.05) is 31.9 Å². The number of nitrogens with one attached hydrogen (secondary N) is 1. The Morgan fingerprint density at radius 2 is 1.13 bits per heavy atom. The van der Waals surface area contributed by atoms with Gasteiger partial charge in [-0.2, -0.15) is 0 Å². The maximum absolute atomic E-state index is 12.2. The Balaban J connectivity index is 0.000000303. The molecule has 3 N–H and O–H groups in total. The number of ketones is 1. The lowest BCUT2D eigenvalue weighted by Gasteiger charge is -2.34. The van der Waals surface area contributed by atoms with Crippen molar-refractivity contribution in [3.8, 4) is 0 Å². The average molecular weight is 871 g/mol. The van der Waals surface area contributed by atoms with Crippen LogP contribution >= 0.6 is 31.9 Å². The molecule has 2 amide bonds. The summed E-state index contributed by atoms with van der Waals surface area (Å²) in [6, 6.07) is 7.39. The van der Waals surface area contributed by atoms with E-state index >= 15 is 0 Å². The van der Waals surface area contributed by atoms with Gasteiger partial charge in [0.05, 0.1) is 25.3 Å². The van der Waals surface area contributed by atoms with Crippen molar-refractivity contribution in [1.82, 2.24) is 9.80 Å². The van der Waals surface area contributed by atoms with Crippen molar-refractivity contribution in [1.29, 1.82) is 0 Å². The largest absolute Gasteiger partial charge is 0.465 e. The highest BCUT2D eigenvalue weighted by Crippen LogP contribution is 2.28. The Hall–Kier alpha value is -3.85. The predicted octanol–water partition coefficient (Wildman–Crippen LogP) is 8.07. The molecule has 0 bridgehead atoms. The summed E-state index contributed by atoms with van der Waals surface area (Å²) in [4.78, 5) is 61.1. The third-order valence-corrected chi connectivity index (χ3v) is 8.99. The second kappa shape index (κ2) is 20.0. The normalized spacial score (nSPS) is 14.8. The lowest BCUT2D eigenvalue weighted by atomic mass is 10.0. The summed E-state index contributed by atoms with van der Waals surface area (Å²) in [6.45, 7) is 17.1. The quantitative estimate of drug-likeness (QED) is 0.173. The fourth-order valence-corrected chi connectivity index (χ4v) is 6.12. The molecule has 2 aromatic rings. The number of likely N-dealkylation sites (tertiary alicyclic amines) is 2. The summed E-state index contributed by atoms with van der Waals surface area (Å²) < 4.78 is 21.7. The molecule has 0 saturated carbocycles. The van der Waals surface area contributed by atoms with E-state index in [1.54, 1.807) is 34.9 Å². The molecule has 2 heterocycles. The molecule has 0 unspecified atom stereocenters. The van der Waals surface area contributed by atoms with Crippen molar-refractivity contribution in [3.05, 3.63) is 55.5 Å². The van der Waals surface area contributed by atoms with Crippen LogP contribution in [0.15, 0.2) is 33.2 Å². The van der Waals surface area contributed by atoms with Crippen molar-refractivity contribution in [3.63, 3.8) is 0 Å². The van der Waals surface area contributed by atoms with E-state index in [-0.39, 0.29) is 36.0 Å². The van der Waals surface area contributed by atoms with Gasteiger partial charge in [-0.05, 0) is 104 Å². The van der Waals surface area contributed by atoms with E-state index in [9.17, 15) is 24.0 Å². The van der Waals surface area contributed by atoms with Crippen LogP contribution in [-0.4, -0.2) is 97.4 Å². The summed E-state index contributed by atoms with van der Waals surface area (Å²) in [5, 5.41) is 3.50. The number of halogens is 2. The second-order valence-corrected chi connectivity index (χ2v) is 16.5. The molecule has 2 fully saturated rings. The van der Waals surface area contributed by atoms with Crippen LogP contribution in [0.4, 0.5) is 21.0 Å². The number of amides is 2. The van der Waals surface area contributed by atoms with E-state index in [4.69, 9.17) is 19.9 Å². The second-order valence-electron chi connectivity index (χ2n) is 14.7. The van der Waals surface area contributed by atoms with Crippen LogP contribution in [0.2, 0.25) is 0 Å². The zero-order valence-corrected chi connectivity index (χ0v) is 35.6. The van der Waals surface area contributed by atoms with Crippen LogP contribution in [0.5, 0.6) is 0 Å². The van der Waals surface area contributed by atoms with Crippen LogP contribution in [0.25, 0.3) is 0 Å². The summed E-state index contributed by atoms with van der Waals surface area (Å²) in [6.07, 6.45) is 1.98. The van der Waals surface area contributed by atoms with Crippen LogP contribution < -0.4 is 11.1 Å². The van der Waals surface area contributed by atoms with Crippen molar-refractivity contribution < 1.29 is 42.9 Å². The van der Waals surface area contributed by atoms with Gasteiger partial charge in [-0.25, -0.2) is 19.2 Å². The molecule has 15 heteroatoms. The minimum absolute atomic E-state index is 0.227. The van der Waals surface area contributed by atoms with Gasteiger partial charge >= 0.3 is 24.1 Å². The standard InChI is InChI=1S/C19H27BrN2O4.C10H17NO3.C9H10BrNO2/c1-12-15(17(23)25-5)10-13(20)11-16(12)21-14-6-8-22(9-7-14)18(24)26-19(2,3)4;1-10(2,3)14-9(13)11-6-4-8(12)5-7-11;1-5-7(9(12)13-2)3-6(10)4-8(5)11/h10-11,14,21H,6-9H2,1-5H3;4-7H2,1-3H3;3-4H,11H2,1-2H3. The number of carbonyl (C=O) groups is 5. The van der Waals surface area contributed by atoms with Gasteiger partial charge in [0.25, 0.3) is 0 Å². The molecule has 2 saturated heterocycles. The summed E-state index contributed by atoms with van der Waals surface area (Å²) in [5.74, 6) is -0.498. The van der Waals surface area contributed by atoms with E-state index in [2.05, 4.69) is 41.9 Å². The zero-order chi connectivity index (χ0) is 40.3. The van der Waals surface area contributed by atoms with E-state index in [0.717, 1.165) is 38.6 Å². The Kier molecular flexibility index (Phi) is 17.1. The molecule has 0 aromatic heterocycles. The molecule has 294 valence electrons. The number of hydrogen-bond acceptors (Lipinski definition) is 11. The monoisotopic (exact) mass is 868 g/mol. The van der Waals surface area contributed by atoms with Crippen molar-refractivity contribution in [2.75, 3.05) is 51.4 Å². The summed E-state index contributed by atoms with van der Waals surface area (Å²) in [5.41, 5.74) is 8.85. The minimum atomic E-state index is -0.482. The first-order chi connectivity index (χ1) is 24.5. The number of Topliss-reactive ketones (excluding diaryl/α,β-unsaturated/α-hetero) is 1. The third-order valence-electron chi connectivity index (χ3n) is 8.07. The highest BCUT2D eigenvalue weighted by molar-refractivity contribution is 9.10. The van der Waals surface area contributed by atoms with E-state index in [0.29, 0.717) is 55.8 Å². The molecule has 4 rings (SSSR count). The minimum Gasteiger partial charge on any atom is -0.465 e. The maximum Gasteiger partial charge on any atom is 0.410 e. The van der Waals surface area contributed by atoms with E-state index in [1.165, 1.54) is 14.2 Å². The Morgan fingerprint density at radius 3 is 1.57 bits per heavy atom. The topological polar surface area (TPSA) is 167 Å². The fourth-order valence-electron chi connectivity index (χ4n) is 5.19. The number of carbonyl (C=O) groups excluding carboxylic acids is 5. The number of hydrogen-bond donors (Lipinski definition) is 2. The smallest absolute Gasteiger partial charge is 0.410 e. The predicted molar refractivity (Wildman–Crippen MR) is 211 cm³/mol. The van der Waals surface area contributed by atoms with Gasteiger partial charge in [-0.15, -0.1) is 0 Å². The SMILES string of the molecule is CC(C)(C)OC(=O)N1CCC(=O)CC1.COC(=O)c1cc(Br)cc(N)c1C.COC(=O)c1cc(Br)cc(NC2CCN(C(=O)OC(C)(C)C)CC2)c1C. The first-order valence-electron chi connectivity index (χ1n) is 17.3. The van der Waals surface area contributed by atoms with Crippen molar-refractivity contribution in [2.45, 2.75) is 98.3 Å². The number of nitrogens with zero attached hydrogens (tertiary/aromatic N) is 2. The first kappa shape index (κ1) is 45.3. The number of piperidine rings is 2. The number of nitrogen functional groups attached to an aromatic ring is 1. The molecule has 0 spiro atoms. The number of esters is 2.